The maximum absolute atomic E-state index is 7.01. The van der Waals surface area contributed by atoms with Crippen molar-refractivity contribution in [2.75, 3.05) is 9.71 Å². The van der Waals surface area contributed by atoms with Crippen molar-refractivity contribution in [3.63, 3.8) is 0 Å². The second kappa shape index (κ2) is 17.2. The van der Waals surface area contributed by atoms with Crippen LogP contribution in [0.2, 0.25) is 0 Å². The van der Waals surface area contributed by atoms with Crippen molar-refractivity contribution in [2.45, 2.75) is 26.2 Å². The minimum Gasteiger partial charge on any atom is -0.456 e. The highest BCUT2D eigenvalue weighted by atomic mass is 16.3. The number of hydrogen-bond acceptors (Lipinski definition) is 3. The molecule has 12 aromatic rings. The van der Waals surface area contributed by atoms with Gasteiger partial charge in [-0.1, -0.05) is 189 Å². The first-order valence-electron chi connectivity index (χ1n) is 25.4. The van der Waals surface area contributed by atoms with Gasteiger partial charge in [0.1, 0.15) is 11.2 Å². The molecular weight excluding hydrogens is 872 g/mol. The molecule has 0 aliphatic carbocycles. The van der Waals surface area contributed by atoms with Gasteiger partial charge in [0.05, 0.1) is 16.8 Å². The van der Waals surface area contributed by atoms with E-state index in [9.17, 15) is 0 Å². The molecule has 0 unspecified atom stereocenters. The third-order valence-electron chi connectivity index (χ3n) is 15.2. The number of anilines is 5. The zero-order chi connectivity index (χ0) is 47.7. The molecule has 3 nitrogen and oxygen atoms in total. The van der Waals surface area contributed by atoms with Gasteiger partial charge in [-0.3, -0.25) is 0 Å². The molecule has 3 heterocycles. The SMILES string of the molecule is CCCCc1ccc(N2c3cc(-c4ccccc4)cc4c3B(c3ccc5oc6cc7ccccc7cc6c5c32)N(c2ccc(-c3ccccc3)cc2)c2ccc(-c3ccccc3)cc2-4)c(-c2ccccc2)c1. The average molecular weight is 921 g/mol. The number of furan rings is 1. The van der Waals surface area contributed by atoms with Crippen LogP contribution in [0.5, 0.6) is 0 Å². The average Bonchev–Trinajstić information content (AvgIpc) is 3.83. The molecule has 0 radical (unpaired) electrons. The lowest BCUT2D eigenvalue weighted by Gasteiger charge is -2.46. The minimum absolute atomic E-state index is 0.206. The fourth-order valence-electron chi connectivity index (χ4n) is 11.7. The van der Waals surface area contributed by atoms with Crippen LogP contribution in [0.1, 0.15) is 25.3 Å². The van der Waals surface area contributed by atoms with Gasteiger partial charge >= 0.3 is 6.85 Å². The maximum atomic E-state index is 7.01. The smallest absolute Gasteiger partial charge is 0.333 e. The Labute approximate surface area is 421 Å². The highest BCUT2D eigenvalue weighted by Crippen LogP contribution is 2.53. The molecule has 0 N–H and O–H groups in total. The van der Waals surface area contributed by atoms with Crippen LogP contribution in [0.3, 0.4) is 0 Å². The molecule has 11 aromatic carbocycles. The van der Waals surface area contributed by atoms with E-state index in [0.717, 1.165) is 69.3 Å². The first-order valence-corrected chi connectivity index (χ1v) is 25.4. The summed E-state index contributed by atoms with van der Waals surface area (Å²) in [6.45, 7) is 2.07. The Morgan fingerprint density at radius 3 is 1.69 bits per heavy atom. The minimum atomic E-state index is -0.206. The van der Waals surface area contributed by atoms with E-state index in [1.54, 1.807) is 0 Å². The van der Waals surface area contributed by atoms with Crippen molar-refractivity contribution in [3.8, 4) is 55.6 Å². The molecule has 72 heavy (non-hydrogen) atoms. The predicted octanol–water partition coefficient (Wildman–Crippen LogP) is 17.5. The number of unbranched alkanes of at least 4 members (excludes halogenated alkanes) is 1. The van der Waals surface area contributed by atoms with E-state index in [1.807, 2.05) is 0 Å². The van der Waals surface area contributed by atoms with Crippen LogP contribution in [0, 0.1) is 0 Å². The van der Waals surface area contributed by atoms with Gasteiger partial charge < -0.3 is 14.1 Å². The summed E-state index contributed by atoms with van der Waals surface area (Å²) in [7, 11) is 0. The molecule has 340 valence electrons. The summed E-state index contributed by atoms with van der Waals surface area (Å²) in [5.74, 6) is 0. The molecule has 4 heteroatoms. The van der Waals surface area contributed by atoms with Crippen molar-refractivity contribution >= 4 is 78.9 Å². The number of aryl methyl sites for hydroxylation is 1. The molecule has 2 aliphatic heterocycles. The van der Waals surface area contributed by atoms with Crippen LogP contribution >= 0.6 is 0 Å². The standard InChI is InChI=1S/C68H49BN2O/c1-2-3-18-45-29-36-61(56(39-45)50-25-14-7-15-26-50)70-63-43-54(48-23-12-6-13-24-48)42-58-57-40-53(47-21-10-5-11-22-47)32-37-62(57)71(55-33-30-49(31-34-55)46-19-8-4-9-20-46)69(67(58)63)60-35-38-64-66(68(60)70)59-41-51-27-16-17-28-52(51)44-65(59)72-64/h4-17,19-44H,2-3,18H2,1H3. The van der Waals surface area contributed by atoms with Crippen molar-refractivity contribution in [1.82, 2.24) is 0 Å². The molecule has 0 amide bonds. The normalized spacial score (nSPS) is 12.6. The monoisotopic (exact) mass is 920 g/mol. The number of nitrogens with zero attached hydrogens (tertiary/aromatic N) is 2. The van der Waals surface area contributed by atoms with Gasteiger partial charge in [-0.2, -0.15) is 0 Å². The van der Waals surface area contributed by atoms with Gasteiger partial charge in [-0.25, -0.2) is 0 Å². The van der Waals surface area contributed by atoms with E-state index >= 15 is 0 Å². The van der Waals surface area contributed by atoms with E-state index < -0.39 is 0 Å². The Morgan fingerprint density at radius 2 is 1.00 bits per heavy atom. The van der Waals surface area contributed by atoms with Crippen LogP contribution in [0.15, 0.2) is 247 Å². The predicted molar refractivity (Wildman–Crippen MR) is 305 cm³/mol. The van der Waals surface area contributed by atoms with E-state index in [4.69, 9.17) is 4.42 Å². The Morgan fingerprint density at radius 1 is 0.417 bits per heavy atom. The van der Waals surface area contributed by atoms with Crippen LogP contribution < -0.4 is 20.6 Å². The summed E-state index contributed by atoms with van der Waals surface area (Å²) < 4.78 is 7.01. The van der Waals surface area contributed by atoms with Gasteiger partial charge in [0.25, 0.3) is 0 Å². The van der Waals surface area contributed by atoms with Crippen LogP contribution in [-0.2, 0) is 6.42 Å². The summed E-state index contributed by atoms with van der Waals surface area (Å²) in [5.41, 5.74) is 23.3. The van der Waals surface area contributed by atoms with Gasteiger partial charge in [0.2, 0.25) is 0 Å². The van der Waals surface area contributed by atoms with Crippen LogP contribution in [-0.4, -0.2) is 6.85 Å². The lowest BCUT2D eigenvalue weighted by atomic mass is 9.43. The zero-order valence-electron chi connectivity index (χ0n) is 40.1. The van der Waals surface area contributed by atoms with E-state index in [1.165, 1.54) is 83.2 Å². The lowest BCUT2D eigenvalue weighted by molar-refractivity contribution is 0.669. The maximum Gasteiger partial charge on any atom is 0.333 e. The number of rotatable bonds is 9. The Bertz CT molecular complexity index is 4020. The summed E-state index contributed by atoms with van der Waals surface area (Å²) in [5, 5.41) is 4.57. The van der Waals surface area contributed by atoms with E-state index in [0.29, 0.717) is 0 Å². The lowest BCUT2D eigenvalue weighted by Crippen LogP contribution is -2.61. The van der Waals surface area contributed by atoms with Crippen molar-refractivity contribution < 1.29 is 4.42 Å². The van der Waals surface area contributed by atoms with Crippen molar-refractivity contribution in [3.05, 3.63) is 248 Å². The number of hydrogen-bond donors (Lipinski definition) is 0. The second-order valence-corrected chi connectivity index (χ2v) is 19.4. The highest BCUT2D eigenvalue weighted by molar-refractivity contribution is 6.94. The quantitative estimate of drug-likeness (QED) is 0.135. The molecular formula is C68H49BN2O. The third kappa shape index (κ3) is 6.89. The third-order valence-corrected chi connectivity index (χ3v) is 15.2. The highest BCUT2D eigenvalue weighted by Gasteiger charge is 2.47. The molecule has 0 saturated carbocycles. The topological polar surface area (TPSA) is 19.6 Å². The van der Waals surface area contributed by atoms with Gasteiger partial charge in [-0.05, 0) is 151 Å². The number of benzene rings is 11. The first-order chi connectivity index (χ1) is 35.7. The van der Waals surface area contributed by atoms with Crippen LogP contribution in [0.25, 0.3) is 88.3 Å². The summed E-state index contributed by atoms with van der Waals surface area (Å²) in [4.78, 5) is 5.25. The van der Waals surface area contributed by atoms with Crippen molar-refractivity contribution in [2.24, 2.45) is 0 Å². The Kier molecular flexibility index (Phi) is 10.1. The fourth-order valence-corrected chi connectivity index (χ4v) is 11.7. The first kappa shape index (κ1) is 42.1. The Balaban J connectivity index is 1.13. The molecule has 0 saturated heterocycles. The number of fused-ring (bicyclic) bond motifs is 9. The van der Waals surface area contributed by atoms with E-state index in [-0.39, 0.29) is 6.85 Å². The molecule has 0 spiro atoms. The largest absolute Gasteiger partial charge is 0.456 e. The van der Waals surface area contributed by atoms with Gasteiger partial charge in [-0.15, -0.1) is 0 Å². The summed E-state index contributed by atoms with van der Waals surface area (Å²) >= 11 is 0. The van der Waals surface area contributed by atoms with Gasteiger partial charge in [0.15, 0.2) is 0 Å². The second-order valence-electron chi connectivity index (χ2n) is 19.4. The Hall–Kier alpha value is -8.86. The van der Waals surface area contributed by atoms with Gasteiger partial charge in [0, 0.05) is 33.6 Å². The fraction of sp³-hybridized carbons (Fsp3) is 0.0588. The molecule has 0 atom stereocenters. The summed E-state index contributed by atoms with van der Waals surface area (Å²) in [6, 6.07) is 89.8. The molecule has 0 bridgehead atoms. The molecule has 1 aromatic heterocycles. The van der Waals surface area contributed by atoms with Crippen LogP contribution in [0.4, 0.5) is 28.4 Å². The van der Waals surface area contributed by atoms with E-state index in [2.05, 4.69) is 259 Å². The van der Waals surface area contributed by atoms with Crippen molar-refractivity contribution in [1.29, 1.82) is 0 Å². The molecule has 2 aliphatic rings. The summed E-state index contributed by atoms with van der Waals surface area (Å²) in [6.07, 6.45) is 3.30. The molecule has 0 fully saturated rings. The molecule has 14 rings (SSSR count). The zero-order valence-corrected chi connectivity index (χ0v) is 40.1.